The van der Waals surface area contributed by atoms with Crippen molar-refractivity contribution in [3.8, 4) is 12.1 Å². The molecule has 1 aromatic carbocycles. The van der Waals surface area contributed by atoms with Gasteiger partial charge < -0.3 is 10.5 Å². The Bertz CT molecular complexity index is 976. The lowest BCUT2D eigenvalue weighted by atomic mass is 9.55. The van der Waals surface area contributed by atoms with Gasteiger partial charge in [0.25, 0.3) is 0 Å². The van der Waals surface area contributed by atoms with E-state index < -0.39 is 17.3 Å². The Kier molecular flexibility index (Phi) is 5.28. The molecule has 0 spiro atoms. The normalized spacial score (nSPS) is 28.2. The summed E-state index contributed by atoms with van der Waals surface area (Å²) in [6.45, 7) is 8.29. The summed E-state index contributed by atoms with van der Waals surface area (Å²) in [5.74, 6) is -1.17. The van der Waals surface area contributed by atoms with Crippen LogP contribution in [0.2, 0.25) is 0 Å². The second-order valence-electron chi connectivity index (χ2n) is 8.76. The molecule has 2 aliphatic rings. The fourth-order valence-corrected chi connectivity index (χ4v) is 5.17. The van der Waals surface area contributed by atoms with E-state index in [1.807, 2.05) is 30.3 Å². The van der Waals surface area contributed by atoms with Gasteiger partial charge in [-0.1, -0.05) is 56.7 Å². The van der Waals surface area contributed by atoms with Crippen LogP contribution in [0.1, 0.15) is 52.0 Å². The first-order valence-corrected chi connectivity index (χ1v) is 10.0. The summed E-state index contributed by atoms with van der Waals surface area (Å²) < 4.78 is 5.34. The highest BCUT2D eigenvalue weighted by Gasteiger charge is 2.58. The molecule has 0 radical (unpaired) electrons. The second kappa shape index (κ2) is 7.41. The minimum atomic E-state index is -1.75. The van der Waals surface area contributed by atoms with Crippen molar-refractivity contribution < 1.29 is 9.53 Å². The molecule has 0 fully saturated rings. The summed E-state index contributed by atoms with van der Waals surface area (Å²) in [5.41, 5.74) is 7.69. The number of nitrogens with two attached hydrogens (primary N) is 1. The Morgan fingerprint density at radius 3 is 2.48 bits per heavy atom. The van der Waals surface area contributed by atoms with E-state index in [0.29, 0.717) is 6.42 Å². The summed E-state index contributed by atoms with van der Waals surface area (Å²) in [4.78, 5) is 13.2. The van der Waals surface area contributed by atoms with E-state index in [1.165, 1.54) is 0 Å². The van der Waals surface area contributed by atoms with Crippen LogP contribution in [0.3, 0.4) is 0 Å². The molecule has 150 valence electrons. The average Bonchev–Trinajstić information content (AvgIpc) is 2.67. The summed E-state index contributed by atoms with van der Waals surface area (Å²) in [7, 11) is 0. The average molecular weight is 389 g/mol. The van der Waals surface area contributed by atoms with Gasteiger partial charge in [-0.25, -0.2) is 4.79 Å². The van der Waals surface area contributed by atoms with Crippen LogP contribution in [0, 0.1) is 39.4 Å². The van der Waals surface area contributed by atoms with Crippen LogP contribution >= 0.6 is 0 Å². The van der Waals surface area contributed by atoms with E-state index in [0.717, 1.165) is 23.1 Å². The lowest BCUT2D eigenvalue weighted by Crippen LogP contribution is -2.48. The smallest absolute Gasteiger partial charge is 0.333 e. The Balaban J connectivity index is 2.40. The number of hydrogen-bond donors (Lipinski definition) is 1. The quantitative estimate of drug-likeness (QED) is 0.775. The molecule has 0 unspecified atom stereocenters. The number of nitriles is 2. The van der Waals surface area contributed by atoms with Crippen LogP contribution in [0.25, 0.3) is 0 Å². The molecule has 0 aromatic heterocycles. The molecule has 29 heavy (non-hydrogen) atoms. The standard InChI is InChI=1S/C24H27N3O2/c1-5-29-22(28)24(14-26)20(16-9-7-6-8-10-16)19-15(2)11-23(3,4)12-17(19)18(13-25)21(24)27/h6-10,15,20H,5,11-12,27H2,1-4H3/t15-,20+,24+/m1/s1. The maximum Gasteiger partial charge on any atom is 0.333 e. The molecule has 2 N–H and O–H groups in total. The van der Waals surface area contributed by atoms with Gasteiger partial charge in [-0.05, 0) is 42.2 Å². The van der Waals surface area contributed by atoms with Gasteiger partial charge in [0.15, 0.2) is 0 Å². The molecule has 5 heteroatoms. The molecule has 3 rings (SSSR count). The first-order valence-electron chi connectivity index (χ1n) is 10.0. The van der Waals surface area contributed by atoms with Crippen molar-refractivity contribution in [2.24, 2.45) is 22.5 Å². The Hall–Kier alpha value is -3.05. The molecule has 0 saturated heterocycles. The number of carbonyl (C=O) groups is 1. The van der Waals surface area contributed by atoms with Crippen molar-refractivity contribution in [2.75, 3.05) is 6.61 Å². The van der Waals surface area contributed by atoms with Gasteiger partial charge in [-0.3, -0.25) is 0 Å². The maximum absolute atomic E-state index is 13.2. The summed E-state index contributed by atoms with van der Waals surface area (Å²) in [6.07, 6.45) is 1.59. The topological polar surface area (TPSA) is 99.9 Å². The third-order valence-corrected chi connectivity index (χ3v) is 6.15. The van der Waals surface area contributed by atoms with Crippen LogP contribution in [0.5, 0.6) is 0 Å². The number of hydrogen-bond acceptors (Lipinski definition) is 5. The van der Waals surface area contributed by atoms with E-state index in [1.54, 1.807) is 6.92 Å². The van der Waals surface area contributed by atoms with E-state index in [4.69, 9.17) is 10.5 Å². The number of ether oxygens (including phenoxy) is 1. The van der Waals surface area contributed by atoms with E-state index >= 15 is 0 Å². The van der Waals surface area contributed by atoms with E-state index in [-0.39, 0.29) is 29.2 Å². The lowest BCUT2D eigenvalue weighted by Gasteiger charge is -2.47. The zero-order chi connectivity index (χ0) is 21.4. The van der Waals surface area contributed by atoms with Gasteiger partial charge in [-0.15, -0.1) is 0 Å². The molecule has 5 nitrogen and oxygen atoms in total. The van der Waals surface area contributed by atoms with Crippen molar-refractivity contribution in [3.63, 3.8) is 0 Å². The minimum Gasteiger partial charge on any atom is -0.464 e. The third kappa shape index (κ3) is 3.12. The molecule has 2 aliphatic carbocycles. The van der Waals surface area contributed by atoms with Crippen molar-refractivity contribution >= 4 is 5.97 Å². The zero-order valence-electron chi connectivity index (χ0n) is 17.5. The summed E-state index contributed by atoms with van der Waals surface area (Å²) in [5, 5.41) is 20.3. The number of carbonyl (C=O) groups excluding carboxylic acids is 1. The van der Waals surface area contributed by atoms with Crippen molar-refractivity contribution in [2.45, 2.75) is 46.5 Å². The first-order chi connectivity index (χ1) is 13.7. The highest BCUT2D eigenvalue weighted by atomic mass is 16.5. The number of nitrogens with zero attached hydrogens (tertiary/aromatic N) is 2. The zero-order valence-corrected chi connectivity index (χ0v) is 17.5. The van der Waals surface area contributed by atoms with Crippen molar-refractivity contribution in [1.29, 1.82) is 10.5 Å². The SMILES string of the molecule is CCOC(=O)[C@]1(C#N)C(N)=C(C#N)C2=C([C@H](C)CC(C)(C)C2)[C@@H]1c1ccccc1. The van der Waals surface area contributed by atoms with Gasteiger partial charge in [0.2, 0.25) is 5.41 Å². The second-order valence-corrected chi connectivity index (χ2v) is 8.76. The van der Waals surface area contributed by atoms with Crippen LogP contribution in [-0.2, 0) is 9.53 Å². The fraction of sp³-hybridized carbons (Fsp3) is 0.458. The predicted octanol–water partition coefficient (Wildman–Crippen LogP) is 4.35. The third-order valence-electron chi connectivity index (χ3n) is 6.15. The number of benzene rings is 1. The van der Waals surface area contributed by atoms with Crippen molar-refractivity contribution in [3.05, 3.63) is 58.3 Å². The summed E-state index contributed by atoms with van der Waals surface area (Å²) in [6, 6.07) is 13.9. The summed E-state index contributed by atoms with van der Waals surface area (Å²) >= 11 is 0. The molecular weight excluding hydrogens is 362 g/mol. The fourth-order valence-electron chi connectivity index (χ4n) is 5.17. The predicted molar refractivity (Wildman–Crippen MR) is 110 cm³/mol. The number of esters is 1. The highest BCUT2D eigenvalue weighted by molar-refractivity contribution is 5.88. The molecule has 0 heterocycles. The van der Waals surface area contributed by atoms with E-state index in [9.17, 15) is 15.3 Å². The van der Waals surface area contributed by atoms with Gasteiger partial charge >= 0.3 is 5.97 Å². The Morgan fingerprint density at radius 2 is 1.93 bits per heavy atom. The molecule has 0 aliphatic heterocycles. The number of allylic oxidation sites excluding steroid dienone is 3. The first kappa shape index (κ1) is 20.7. The van der Waals surface area contributed by atoms with Gasteiger partial charge in [0, 0.05) is 5.92 Å². The van der Waals surface area contributed by atoms with Gasteiger partial charge in [-0.2, -0.15) is 10.5 Å². The molecule has 0 saturated carbocycles. The maximum atomic E-state index is 13.2. The van der Waals surface area contributed by atoms with Gasteiger partial charge in [0.05, 0.1) is 23.9 Å². The van der Waals surface area contributed by atoms with Crippen LogP contribution in [-0.4, -0.2) is 12.6 Å². The van der Waals surface area contributed by atoms with Crippen LogP contribution < -0.4 is 5.73 Å². The van der Waals surface area contributed by atoms with Crippen LogP contribution in [0.15, 0.2) is 52.7 Å². The highest BCUT2D eigenvalue weighted by Crippen LogP contribution is 2.58. The molecule has 0 bridgehead atoms. The molecule has 1 aromatic rings. The minimum absolute atomic E-state index is 0.00155. The number of rotatable bonds is 3. The Morgan fingerprint density at radius 1 is 1.28 bits per heavy atom. The largest absolute Gasteiger partial charge is 0.464 e. The monoisotopic (exact) mass is 389 g/mol. The van der Waals surface area contributed by atoms with E-state index in [2.05, 4.69) is 32.9 Å². The Labute approximate surface area is 172 Å². The lowest BCUT2D eigenvalue weighted by molar-refractivity contribution is -0.151. The molecule has 0 amide bonds. The van der Waals surface area contributed by atoms with Gasteiger partial charge in [0.1, 0.15) is 6.07 Å². The molecular formula is C24H27N3O2. The molecule has 3 atom stereocenters. The van der Waals surface area contributed by atoms with Crippen molar-refractivity contribution in [1.82, 2.24) is 0 Å². The van der Waals surface area contributed by atoms with Crippen LogP contribution in [0.4, 0.5) is 0 Å².